The highest BCUT2D eigenvalue weighted by molar-refractivity contribution is 5.84. The van der Waals surface area contributed by atoms with E-state index >= 15 is 0 Å². The van der Waals surface area contributed by atoms with Gasteiger partial charge in [-0.05, 0) is 32.1 Å². The Hall–Kier alpha value is -1.10. The van der Waals surface area contributed by atoms with Crippen molar-refractivity contribution in [2.24, 2.45) is 5.92 Å². The Morgan fingerprint density at radius 3 is 2.63 bits per heavy atom. The number of carbonyl (C=O) groups is 2. The van der Waals surface area contributed by atoms with Crippen molar-refractivity contribution in [3.63, 3.8) is 0 Å². The molecule has 2 atom stereocenters. The molecule has 0 bridgehead atoms. The van der Waals surface area contributed by atoms with Crippen molar-refractivity contribution in [3.05, 3.63) is 0 Å². The Balaban J connectivity index is 2.29. The topological polar surface area (TPSA) is 66.8 Å². The van der Waals surface area contributed by atoms with Crippen LogP contribution >= 0.6 is 0 Å². The highest BCUT2D eigenvalue weighted by atomic mass is 16.5. The standard InChI is InChI=1S/C14H25NO4/c1-10(2)9-11(3)19-8-6-13(16)15-7-4-5-12(15)14(17)18/h10-12H,4-9H2,1-3H3,(H,17,18)/t11?,12-/m0/s1. The van der Waals surface area contributed by atoms with Gasteiger partial charge in [0.2, 0.25) is 5.91 Å². The average Bonchev–Trinajstić information content (AvgIpc) is 2.76. The number of aliphatic carboxylic acids is 1. The van der Waals surface area contributed by atoms with Crippen LogP contribution < -0.4 is 0 Å². The maximum Gasteiger partial charge on any atom is 0.326 e. The van der Waals surface area contributed by atoms with Crippen molar-refractivity contribution in [3.8, 4) is 0 Å². The molecule has 1 saturated heterocycles. The molecule has 1 heterocycles. The van der Waals surface area contributed by atoms with Crippen molar-refractivity contribution in [2.45, 2.75) is 58.6 Å². The first-order chi connectivity index (χ1) is 8.91. The van der Waals surface area contributed by atoms with Crippen LogP contribution in [0.1, 0.15) is 46.5 Å². The van der Waals surface area contributed by atoms with E-state index in [1.54, 1.807) is 0 Å². The number of carboxylic acid groups (broad SMARTS) is 1. The minimum absolute atomic E-state index is 0.110. The van der Waals surface area contributed by atoms with Gasteiger partial charge in [-0.3, -0.25) is 4.79 Å². The first kappa shape index (κ1) is 16.0. The van der Waals surface area contributed by atoms with Crippen molar-refractivity contribution in [1.82, 2.24) is 4.90 Å². The minimum Gasteiger partial charge on any atom is -0.480 e. The molecule has 5 nitrogen and oxygen atoms in total. The lowest BCUT2D eigenvalue weighted by atomic mass is 10.1. The fourth-order valence-electron chi connectivity index (χ4n) is 2.54. The second-order valence-electron chi connectivity index (χ2n) is 5.64. The summed E-state index contributed by atoms with van der Waals surface area (Å²) in [5.74, 6) is -0.442. The maximum atomic E-state index is 11.9. The molecule has 1 rings (SSSR count). The molecule has 0 radical (unpaired) electrons. The summed E-state index contributed by atoms with van der Waals surface area (Å²) < 4.78 is 5.58. The average molecular weight is 271 g/mol. The molecule has 1 fully saturated rings. The van der Waals surface area contributed by atoms with Gasteiger partial charge in [-0.1, -0.05) is 13.8 Å². The second kappa shape index (κ2) is 7.48. The van der Waals surface area contributed by atoms with Crippen molar-refractivity contribution < 1.29 is 19.4 Å². The Labute approximate surface area is 114 Å². The minimum atomic E-state index is -0.903. The molecule has 0 aromatic carbocycles. The van der Waals surface area contributed by atoms with Gasteiger partial charge in [0.1, 0.15) is 6.04 Å². The molecule has 1 N–H and O–H groups in total. The summed E-state index contributed by atoms with van der Waals surface area (Å²) in [6, 6.07) is -0.638. The van der Waals surface area contributed by atoms with E-state index in [9.17, 15) is 9.59 Å². The molecular formula is C14H25NO4. The Morgan fingerprint density at radius 2 is 2.05 bits per heavy atom. The Kier molecular flexibility index (Phi) is 6.28. The maximum absolute atomic E-state index is 11.9. The number of amides is 1. The molecule has 1 aliphatic heterocycles. The zero-order valence-electron chi connectivity index (χ0n) is 12.1. The summed E-state index contributed by atoms with van der Waals surface area (Å²) in [4.78, 5) is 24.4. The van der Waals surface area contributed by atoms with Crippen molar-refractivity contribution in [1.29, 1.82) is 0 Å². The number of likely N-dealkylation sites (tertiary alicyclic amines) is 1. The largest absolute Gasteiger partial charge is 0.480 e. The lowest BCUT2D eigenvalue weighted by Gasteiger charge is -2.22. The summed E-state index contributed by atoms with van der Waals surface area (Å²) in [6.07, 6.45) is 2.71. The van der Waals surface area contributed by atoms with E-state index in [1.807, 2.05) is 6.92 Å². The van der Waals surface area contributed by atoms with Crippen LogP contribution in [-0.4, -0.2) is 47.2 Å². The van der Waals surface area contributed by atoms with Crippen molar-refractivity contribution in [2.75, 3.05) is 13.2 Å². The quantitative estimate of drug-likeness (QED) is 0.768. The van der Waals surface area contributed by atoms with Crippen LogP contribution in [0, 0.1) is 5.92 Å². The van der Waals surface area contributed by atoms with Crippen LogP contribution in [0.4, 0.5) is 0 Å². The monoisotopic (exact) mass is 271 g/mol. The Morgan fingerprint density at radius 1 is 1.37 bits per heavy atom. The van der Waals surface area contributed by atoms with E-state index in [4.69, 9.17) is 9.84 Å². The molecule has 1 unspecified atom stereocenters. The zero-order chi connectivity index (χ0) is 14.4. The third-order valence-corrected chi connectivity index (χ3v) is 3.38. The third-order valence-electron chi connectivity index (χ3n) is 3.38. The van der Waals surface area contributed by atoms with Gasteiger partial charge < -0.3 is 14.7 Å². The van der Waals surface area contributed by atoms with Crippen LogP contribution in [0.15, 0.2) is 0 Å². The van der Waals surface area contributed by atoms with Gasteiger partial charge in [-0.15, -0.1) is 0 Å². The summed E-state index contributed by atoms with van der Waals surface area (Å²) in [7, 11) is 0. The molecular weight excluding hydrogens is 246 g/mol. The number of ether oxygens (including phenoxy) is 1. The molecule has 110 valence electrons. The summed E-state index contributed by atoms with van der Waals surface area (Å²) in [6.45, 7) is 7.19. The van der Waals surface area contributed by atoms with Crippen LogP contribution in [-0.2, 0) is 14.3 Å². The van der Waals surface area contributed by atoms with Gasteiger partial charge >= 0.3 is 5.97 Å². The molecule has 5 heteroatoms. The third kappa shape index (κ3) is 5.19. The first-order valence-corrected chi connectivity index (χ1v) is 7.05. The van der Waals surface area contributed by atoms with E-state index in [0.717, 1.165) is 12.8 Å². The lowest BCUT2D eigenvalue weighted by molar-refractivity contribution is -0.148. The number of rotatable bonds is 7. The van der Waals surface area contributed by atoms with Gasteiger partial charge in [0.05, 0.1) is 19.1 Å². The molecule has 1 aliphatic rings. The first-order valence-electron chi connectivity index (χ1n) is 7.05. The SMILES string of the molecule is CC(C)CC(C)OCCC(=O)N1CCC[C@H]1C(=O)O. The lowest BCUT2D eigenvalue weighted by Crippen LogP contribution is -2.40. The highest BCUT2D eigenvalue weighted by Crippen LogP contribution is 2.18. The van der Waals surface area contributed by atoms with E-state index in [1.165, 1.54) is 4.90 Å². The van der Waals surface area contributed by atoms with E-state index in [-0.39, 0.29) is 18.4 Å². The highest BCUT2D eigenvalue weighted by Gasteiger charge is 2.33. The van der Waals surface area contributed by atoms with Gasteiger partial charge in [-0.2, -0.15) is 0 Å². The molecule has 19 heavy (non-hydrogen) atoms. The second-order valence-corrected chi connectivity index (χ2v) is 5.64. The van der Waals surface area contributed by atoms with Crippen LogP contribution in [0.5, 0.6) is 0 Å². The number of carboxylic acids is 1. The number of carbonyl (C=O) groups excluding carboxylic acids is 1. The van der Waals surface area contributed by atoms with Crippen molar-refractivity contribution >= 4 is 11.9 Å². The van der Waals surface area contributed by atoms with E-state index in [0.29, 0.717) is 25.5 Å². The fourth-order valence-corrected chi connectivity index (χ4v) is 2.54. The molecule has 0 saturated carbocycles. The smallest absolute Gasteiger partial charge is 0.326 e. The summed E-state index contributed by atoms with van der Waals surface area (Å²) in [5, 5.41) is 9.02. The number of hydrogen-bond acceptors (Lipinski definition) is 3. The summed E-state index contributed by atoms with van der Waals surface area (Å²) >= 11 is 0. The Bertz CT molecular complexity index is 317. The molecule has 0 aliphatic carbocycles. The van der Waals surface area contributed by atoms with Gasteiger partial charge in [0.25, 0.3) is 0 Å². The van der Waals surface area contributed by atoms with Crippen LogP contribution in [0.3, 0.4) is 0 Å². The number of nitrogens with zero attached hydrogens (tertiary/aromatic N) is 1. The zero-order valence-corrected chi connectivity index (χ0v) is 12.1. The van der Waals surface area contributed by atoms with Gasteiger partial charge in [0, 0.05) is 6.54 Å². The number of hydrogen-bond donors (Lipinski definition) is 1. The van der Waals surface area contributed by atoms with E-state index in [2.05, 4.69) is 13.8 Å². The van der Waals surface area contributed by atoms with Crippen LogP contribution in [0.25, 0.3) is 0 Å². The molecule has 1 amide bonds. The molecule has 0 aromatic heterocycles. The van der Waals surface area contributed by atoms with Crippen LogP contribution in [0.2, 0.25) is 0 Å². The normalized spacial score (nSPS) is 20.8. The van der Waals surface area contributed by atoms with Gasteiger partial charge in [-0.25, -0.2) is 4.79 Å². The van der Waals surface area contributed by atoms with Gasteiger partial charge in [0.15, 0.2) is 0 Å². The fraction of sp³-hybridized carbons (Fsp3) is 0.857. The molecule has 0 aromatic rings. The van der Waals surface area contributed by atoms with E-state index < -0.39 is 12.0 Å². The predicted molar refractivity (Wildman–Crippen MR) is 71.9 cm³/mol. The molecule has 0 spiro atoms. The summed E-state index contributed by atoms with van der Waals surface area (Å²) in [5.41, 5.74) is 0. The predicted octanol–water partition coefficient (Wildman–Crippen LogP) is 1.90.